The Balaban J connectivity index is 0.000000581. The van der Waals surface area contributed by atoms with E-state index in [1.807, 2.05) is 74.7 Å². The molecule has 0 atom stereocenters. The SMILES string of the molecule is CC(=Nc1n[nH]c(C)c1C)NO.CN=C(C)Nc1n[nH]c(C)c1C.CN=C(C)Nc1n[nH]c(C)c1C.Cc1[nH]nc(N)c1C.NO. The van der Waals surface area contributed by atoms with Crippen molar-refractivity contribution in [2.45, 2.75) is 76.2 Å². The predicted octanol–water partition coefficient (Wildman–Crippen LogP) is 3.97. The third kappa shape index (κ3) is 13.3. The predicted molar refractivity (Wildman–Crippen MR) is 186 cm³/mol. The number of nitrogens with two attached hydrogens (primary N) is 2. The summed E-state index contributed by atoms with van der Waals surface area (Å²) in [6.07, 6.45) is 0. The van der Waals surface area contributed by atoms with Gasteiger partial charge in [-0.3, -0.25) is 41.1 Å². The van der Waals surface area contributed by atoms with Crippen LogP contribution in [0.3, 0.4) is 0 Å². The van der Waals surface area contributed by atoms with Crippen LogP contribution in [-0.2, 0) is 0 Å². The maximum Gasteiger partial charge on any atom is 0.178 e. The summed E-state index contributed by atoms with van der Waals surface area (Å²) in [5.41, 5.74) is 15.9. The highest BCUT2D eigenvalue weighted by Crippen LogP contribution is 2.17. The van der Waals surface area contributed by atoms with Crippen LogP contribution in [0.25, 0.3) is 0 Å². The molecule has 4 heterocycles. The monoisotopic (exact) mass is 644 g/mol. The number of hydrogen-bond donors (Lipinski definition) is 11. The molecule has 4 rings (SSSR count). The third-order valence-electron chi connectivity index (χ3n) is 6.73. The van der Waals surface area contributed by atoms with Gasteiger partial charge in [0.25, 0.3) is 0 Å². The summed E-state index contributed by atoms with van der Waals surface area (Å²) < 4.78 is 0. The quantitative estimate of drug-likeness (QED) is 0.0861. The van der Waals surface area contributed by atoms with Crippen molar-refractivity contribution in [1.82, 2.24) is 46.3 Å². The smallest absolute Gasteiger partial charge is 0.178 e. The van der Waals surface area contributed by atoms with Gasteiger partial charge in [0, 0.05) is 59.1 Å². The molecule has 0 spiro atoms. The zero-order valence-corrected chi connectivity index (χ0v) is 29.2. The molecule has 0 radical (unpaired) electrons. The number of H-pyrrole nitrogens is 4. The van der Waals surface area contributed by atoms with Crippen LogP contribution in [0.2, 0.25) is 0 Å². The summed E-state index contributed by atoms with van der Waals surface area (Å²) >= 11 is 0. The summed E-state index contributed by atoms with van der Waals surface area (Å²) in [6, 6.07) is 0. The number of aromatic amines is 4. The highest BCUT2D eigenvalue weighted by atomic mass is 16.5. The lowest BCUT2D eigenvalue weighted by atomic mass is 10.3. The minimum absolute atomic E-state index is 0.421. The first-order valence-corrected chi connectivity index (χ1v) is 14.1. The Morgan fingerprint density at radius 2 is 0.957 bits per heavy atom. The molecule has 18 heteroatoms. The molecule has 0 aromatic carbocycles. The normalized spacial score (nSPS) is 11.1. The number of rotatable bonds is 3. The summed E-state index contributed by atoms with van der Waals surface area (Å²) in [7, 11) is 3.49. The largest absolute Gasteiger partial charge is 0.382 e. The minimum atomic E-state index is 0.421. The van der Waals surface area contributed by atoms with Gasteiger partial charge in [0.05, 0.1) is 11.7 Å². The second-order valence-electron chi connectivity index (χ2n) is 9.98. The van der Waals surface area contributed by atoms with E-state index in [-0.39, 0.29) is 0 Å². The first-order valence-electron chi connectivity index (χ1n) is 14.1. The number of nitrogens with zero attached hydrogens (tertiary/aromatic N) is 7. The lowest BCUT2D eigenvalue weighted by Gasteiger charge is -2.00. The Morgan fingerprint density at radius 1 is 0.587 bits per heavy atom. The van der Waals surface area contributed by atoms with Gasteiger partial charge in [-0.2, -0.15) is 20.4 Å². The molecule has 4 aromatic rings. The van der Waals surface area contributed by atoms with Gasteiger partial charge in [-0.25, -0.2) is 10.9 Å². The average molecular weight is 645 g/mol. The molecule has 256 valence electrons. The Labute approximate surface area is 270 Å². The van der Waals surface area contributed by atoms with Crippen molar-refractivity contribution in [2.75, 3.05) is 30.5 Å². The molecule has 0 aliphatic heterocycles. The van der Waals surface area contributed by atoms with E-state index >= 15 is 0 Å². The maximum absolute atomic E-state index is 8.48. The molecule has 0 unspecified atom stereocenters. The van der Waals surface area contributed by atoms with Crippen LogP contribution in [-0.4, -0.2) is 82.8 Å². The van der Waals surface area contributed by atoms with Crippen molar-refractivity contribution in [3.8, 4) is 0 Å². The average Bonchev–Trinajstić information content (AvgIpc) is 3.75. The van der Waals surface area contributed by atoms with E-state index in [0.717, 1.165) is 68.3 Å². The Kier molecular flexibility index (Phi) is 18.5. The van der Waals surface area contributed by atoms with Crippen molar-refractivity contribution < 1.29 is 10.4 Å². The zero-order chi connectivity index (χ0) is 35.6. The van der Waals surface area contributed by atoms with Gasteiger partial charge in [0.2, 0.25) is 0 Å². The Bertz CT molecular complexity index is 1470. The van der Waals surface area contributed by atoms with Gasteiger partial charge < -0.3 is 21.6 Å². The molecular formula is C28H52N16O2. The summed E-state index contributed by atoms with van der Waals surface area (Å²) in [6.45, 7) is 21.2. The van der Waals surface area contributed by atoms with Crippen LogP contribution in [0.5, 0.6) is 0 Å². The molecule has 0 saturated heterocycles. The molecule has 4 aromatic heterocycles. The number of aryl methyl sites for hydroxylation is 4. The van der Waals surface area contributed by atoms with Gasteiger partial charge in [-0.1, -0.05) is 0 Å². The van der Waals surface area contributed by atoms with Crippen LogP contribution in [0.15, 0.2) is 15.0 Å². The highest BCUT2D eigenvalue weighted by molar-refractivity contribution is 5.93. The fraction of sp³-hybridized carbons (Fsp3) is 0.464. The zero-order valence-electron chi connectivity index (χ0n) is 29.2. The molecule has 0 amide bonds. The van der Waals surface area contributed by atoms with Crippen LogP contribution < -0.4 is 27.7 Å². The molecule has 18 nitrogen and oxygen atoms in total. The third-order valence-corrected chi connectivity index (χ3v) is 6.73. The molecule has 46 heavy (non-hydrogen) atoms. The van der Waals surface area contributed by atoms with Crippen LogP contribution >= 0.6 is 0 Å². The number of hydrogen-bond acceptors (Lipinski definition) is 11. The van der Waals surface area contributed by atoms with E-state index in [2.05, 4.69) is 72.3 Å². The molecule has 0 bridgehead atoms. The Morgan fingerprint density at radius 3 is 1.20 bits per heavy atom. The standard InChI is InChI=1S/2C8H14N4.C7H12N4O.C5H9N3.H3NO/c2*1-5-6(2)11-12-8(5)10-7(3)9-4;1-4-5(2)9-10-7(4)8-6(3)11-12;1-3-4(2)7-8-5(3)6;1-2/h2*1-4H3,(H2,9,10,11,12);12H,1-3H3,(H2,8,9,10,11);1-2H3,(H3,6,7,8);2H,1H2. The van der Waals surface area contributed by atoms with Crippen LogP contribution in [0.4, 0.5) is 23.3 Å². The summed E-state index contributed by atoms with van der Waals surface area (Å²) in [5, 5.41) is 48.4. The minimum Gasteiger partial charge on any atom is -0.382 e. The first kappa shape index (κ1) is 40.9. The van der Waals surface area contributed by atoms with Crippen molar-refractivity contribution in [3.05, 3.63) is 45.0 Å². The lowest BCUT2D eigenvalue weighted by Crippen LogP contribution is -2.13. The van der Waals surface area contributed by atoms with E-state index in [1.165, 1.54) is 0 Å². The van der Waals surface area contributed by atoms with Gasteiger partial charge in [-0.05, 0) is 76.2 Å². The van der Waals surface area contributed by atoms with E-state index in [9.17, 15) is 0 Å². The second kappa shape index (κ2) is 20.8. The maximum atomic E-state index is 8.48. The number of aliphatic imine (C=N–C) groups is 3. The van der Waals surface area contributed by atoms with Gasteiger partial charge in [-0.15, -0.1) is 0 Å². The molecule has 0 fully saturated rings. The number of nitrogens with one attached hydrogen (secondary N) is 7. The topological polar surface area (TPSA) is 280 Å². The van der Waals surface area contributed by atoms with E-state index in [1.54, 1.807) is 21.0 Å². The van der Waals surface area contributed by atoms with Crippen molar-refractivity contribution >= 4 is 40.8 Å². The number of anilines is 3. The highest BCUT2D eigenvalue weighted by Gasteiger charge is 2.06. The first-order chi connectivity index (χ1) is 21.7. The van der Waals surface area contributed by atoms with Crippen LogP contribution in [0.1, 0.15) is 65.8 Å². The van der Waals surface area contributed by atoms with E-state index in [4.69, 9.17) is 16.1 Å². The molecule has 0 aliphatic carbocycles. The number of nitrogen functional groups attached to an aromatic ring is 1. The lowest BCUT2D eigenvalue weighted by molar-refractivity contribution is 0.234. The number of aromatic nitrogens is 8. The molecular weight excluding hydrogens is 592 g/mol. The molecule has 13 N–H and O–H groups in total. The van der Waals surface area contributed by atoms with Gasteiger partial charge in [0.1, 0.15) is 11.7 Å². The fourth-order valence-electron chi connectivity index (χ4n) is 2.94. The second-order valence-corrected chi connectivity index (χ2v) is 9.98. The number of amidine groups is 3. The van der Waals surface area contributed by atoms with E-state index in [0.29, 0.717) is 17.5 Å². The summed E-state index contributed by atoms with van der Waals surface area (Å²) in [4.78, 5) is 12.0. The number of hydroxylamine groups is 1. The van der Waals surface area contributed by atoms with E-state index < -0.39 is 0 Å². The van der Waals surface area contributed by atoms with Crippen molar-refractivity contribution in [1.29, 1.82) is 0 Å². The Hall–Kier alpha value is -5.07. The molecule has 0 aliphatic rings. The fourth-order valence-corrected chi connectivity index (χ4v) is 2.94. The summed E-state index contributed by atoms with van der Waals surface area (Å²) in [5.74, 6) is 8.57. The van der Waals surface area contributed by atoms with Crippen LogP contribution in [0, 0.1) is 55.4 Å². The van der Waals surface area contributed by atoms with Gasteiger partial charge in [0.15, 0.2) is 17.5 Å². The molecule has 0 saturated carbocycles. The van der Waals surface area contributed by atoms with Crippen molar-refractivity contribution in [2.24, 2.45) is 20.9 Å². The van der Waals surface area contributed by atoms with Crippen molar-refractivity contribution in [3.63, 3.8) is 0 Å². The van der Waals surface area contributed by atoms with Gasteiger partial charge >= 0.3 is 0 Å².